The van der Waals surface area contributed by atoms with Crippen LogP contribution in [0.5, 0.6) is 0 Å². The number of ether oxygens (including phenoxy) is 1. The van der Waals surface area contributed by atoms with Crippen LogP contribution in [0.2, 0.25) is 0 Å². The van der Waals surface area contributed by atoms with Gasteiger partial charge in [0.2, 0.25) is 0 Å². The fraction of sp³-hybridized carbons (Fsp3) is 0.579. The number of fused-ring (bicyclic) bond motifs is 1. The molecule has 2 atom stereocenters. The Labute approximate surface area is 161 Å². The molecule has 2 unspecified atom stereocenters. The smallest absolute Gasteiger partial charge is 0.410 e. The predicted molar refractivity (Wildman–Crippen MR) is 105 cm³/mol. The fourth-order valence-electron chi connectivity index (χ4n) is 3.72. The van der Waals surface area contributed by atoms with E-state index in [1.54, 1.807) is 0 Å². The summed E-state index contributed by atoms with van der Waals surface area (Å²) in [5.74, 6) is 2.21. The number of likely N-dealkylation sites (tertiary alicyclic amines) is 1. The molecule has 0 bridgehead atoms. The molecule has 25 heavy (non-hydrogen) atoms. The summed E-state index contributed by atoms with van der Waals surface area (Å²) in [4.78, 5) is 22.9. The summed E-state index contributed by atoms with van der Waals surface area (Å²) in [6, 6.07) is 6.16. The van der Waals surface area contributed by atoms with Gasteiger partial charge in [-0.1, -0.05) is 0 Å². The van der Waals surface area contributed by atoms with Crippen LogP contribution < -0.4 is 0 Å². The summed E-state index contributed by atoms with van der Waals surface area (Å²) >= 11 is 2.30. The Kier molecular flexibility index (Phi) is 4.21. The number of aromatic amines is 1. The number of H-pyrrole nitrogens is 1. The maximum absolute atomic E-state index is 12.8. The molecular weight excluding hydrogens is 429 g/mol. The third-order valence-corrected chi connectivity index (χ3v) is 5.70. The normalized spacial score (nSPS) is 24.1. The van der Waals surface area contributed by atoms with Gasteiger partial charge >= 0.3 is 6.09 Å². The van der Waals surface area contributed by atoms with E-state index in [4.69, 9.17) is 9.72 Å². The zero-order chi connectivity index (χ0) is 17.8. The van der Waals surface area contributed by atoms with E-state index in [2.05, 4.69) is 39.7 Å². The number of rotatable bonds is 2. The van der Waals surface area contributed by atoms with Crippen molar-refractivity contribution in [3.8, 4) is 0 Å². The molecule has 0 radical (unpaired) electrons. The van der Waals surface area contributed by atoms with E-state index in [-0.39, 0.29) is 12.1 Å². The van der Waals surface area contributed by atoms with Crippen molar-refractivity contribution < 1.29 is 9.53 Å². The number of benzene rings is 1. The second-order valence-electron chi connectivity index (χ2n) is 8.27. The van der Waals surface area contributed by atoms with Gasteiger partial charge in [-0.25, -0.2) is 9.78 Å². The van der Waals surface area contributed by atoms with Crippen molar-refractivity contribution in [2.45, 2.75) is 51.7 Å². The lowest BCUT2D eigenvalue weighted by Crippen LogP contribution is -2.37. The lowest BCUT2D eigenvalue weighted by molar-refractivity contribution is 0.0213. The van der Waals surface area contributed by atoms with Gasteiger partial charge in [-0.2, -0.15) is 0 Å². The van der Waals surface area contributed by atoms with Crippen LogP contribution in [0.4, 0.5) is 4.79 Å². The molecule has 4 rings (SSSR count). The van der Waals surface area contributed by atoms with E-state index in [0.29, 0.717) is 5.92 Å². The monoisotopic (exact) mass is 453 g/mol. The first-order valence-electron chi connectivity index (χ1n) is 8.95. The van der Waals surface area contributed by atoms with Gasteiger partial charge in [-0.05, 0) is 92.7 Å². The Morgan fingerprint density at radius 3 is 2.76 bits per heavy atom. The number of imidazole rings is 1. The standard InChI is InChI=1S/C19H24IN3O2/c1-19(2,3)25-18(24)23-10-12(11-4-5-11)8-16(23)17-21-14-7-6-13(20)9-15(14)22-17/h6-7,9,11-12,16H,4-5,8,10H2,1-3H3,(H,21,22). The Morgan fingerprint density at radius 2 is 2.08 bits per heavy atom. The van der Waals surface area contributed by atoms with E-state index in [1.165, 1.54) is 16.4 Å². The maximum Gasteiger partial charge on any atom is 0.410 e. The second kappa shape index (κ2) is 6.14. The lowest BCUT2D eigenvalue weighted by atomic mass is 10.0. The largest absolute Gasteiger partial charge is 0.444 e. The van der Waals surface area contributed by atoms with Gasteiger partial charge < -0.3 is 9.72 Å². The van der Waals surface area contributed by atoms with Gasteiger partial charge in [0.05, 0.1) is 17.1 Å². The Balaban J connectivity index is 1.64. The minimum absolute atomic E-state index is 0.0227. The molecule has 1 aromatic heterocycles. The molecule has 2 fully saturated rings. The summed E-state index contributed by atoms with van der Waals surface area (Å²) in [6.45, 7) is 6.52. The summed E-state index contributed by atoms with van der Waals surface area (Å²) in [7, 11) is 0. The van der Waals surface area contributed by atoms with E-state index in [9.17, 15) is 4.79 Å². The average molecular weight is 453 g/mol. The summed E-state index contributed by atoms with van der Waals surface area (Å²) in [6.07, 6.45) is 3.33. The van der Waals surface area contributed by atoms with Crippen molar-refractivity contribution >= 4 is 39.7 Å². The van der Waals surface area contributed by atoms with Gasteiger partial charge in [-0.3, -0.25) is 4.90 Å². The number of nitrogens with zero attached hydrogens (tertiary/aromatic N) is 2. The van der Waals surface area contributed by atoms with Crippen molar-refractivity contribution in [3.05, 3.63) is 27.6 Å². The molecule has 6 heteroatoms. The third kappa shape index (κ3) is 3.64. The highest BCUT2D eigenvalue weighted by Gasteiger charge is 2.45. The number of carbonyl (C=O) groups excluding carboxylic acids is 1. The Morgan fingerprint density at radius 1 is 1.32 bits per heavy atom. The van der Waals surface area contributed by atoms with Gasteiger partial charge in [0.15, 0.2) is 0 Å². The topological polar surface area (TPSA) is 58.2 Å². The molecule has 1 N–H and O–H groups in total. The van der Waals surface area contributed by atoms with Crippen LogP contribution >= 0.6 is 22.6 Å². The molecule has 2 aromatic rings. The van der Waals surface area contributed by atoms with Gasteiger partial charge in [0.25, 0.3) is 0 Å². The molecule has 1 aliphatic carbocycles. The molecule has 1 saturated heterocycles. The van der Waals surface area contributed by atoms with E-state index in [0.717, 1.165) is 35.7 Å². The molecule has 1 amide bonds. The van der Waals surface area contributed by atoms with Crippen LogP contribution in [0.15, 0.2) is 18.2 Å². The molecule has 2 aliphatic rings. The number of aromatic nitrogens is 2. The van der Waals surface area contributed by atoms with Crippen LogP contribution in [0.1, 0.15) is 51.9 Å². The first kappa shape index (κ1) is 17.1. The Hall–Kier alpha value is -1.31. The van der Waals surface area contributed by atoms with Crippen molar-refractivity contribution in [2.24, 2.45) is 11.8 Å². The molecule has 1 saturated carbocycles. The fourth-order valence-corrected chi connectivity index (χ4v) is 4.21. The van der Waals surface area contributed by atoms with Crippen LogP contribution in [0.25, 0.3) is 11.0 Å². The quantitative estimate of drug-likeness (QED) is 0.660. The lowest BCUT2D eigenvalue weighted by Gasteiger charge is -2.27. The molecule has 1 aromatic carbocycles. The van der Waals surface area contributed by atoms with Crippen molar-refractivity contribution in [1.82, 2.24) is 14.9 Å². The molecule has 1 aliphatic heterocycles. The third-order valence-electron chi connectivity index (χ3n) is 5.03. The van der Waals surface area contributed by atoms with Crippen LogP contribution in [-0.4, -0.2) is 33.1 Å². The van der Waals surface area contributed by atoms with Crippen LogP contribution in [0.3, 0.4) is 0 Å². The van der Waals surface area contributed by atoms with Crippen molar-refractivity contribution in [1.29, 1.82) is 0 Å². The number of hydrogen-bond acceptors (Lipinski definition) is 3. The molecule has 5 nitrogen and oxygen atoms in total. The Bertz CT molecular complexity index is 807. The van der Waals surface area contributed by atoms with Gasteiger partial charge in [-0.15, -0.1) is 0 Å². The highest BCUT2D eigenvalue weighted by molar-refractivity contribution is 14.1. The van der Waals surface area contributed by atoms with E-state index in [1.807, 2.05) is 31.7 Å². The second-order valence-corrected chi connectivity index (χ2v) is 9.51. The summed E-state index contributed by atoms with van der Waals surface area (Å²) in [5.41, 5.74) is 1.50. The number of amides is 1. The van der Waals surface area contributed by atoms with Crippen LogP contribution in [-0.2, 0) is 4.74 Å². The number of hydrogen-bond donors (Lipinski definition) is 1. The molecule has 2 heterocycles. The highest BCUT2D eigenvalue weighted by Crippen LogP contribution is 2.47. The van der Waals surface area contributed by atoms with Crippen molar-refractivity contribution in [3.63, 3.8) is 0 Å². The average Bonchev–Trinajstić information content (AvgIpc) is 3.12. The highest BCUT2D eigenvalue weighted by atomic mass is 127. The predicted octanol–water partition coefficient (Wildman–Crippen LogP) is 4.88. The molecular formula is C19H24IN3O2. The number of halogens is 1. The first-order valence-corrected chi connectivity index (χ1v) is 10.0. The van der Waals surface area contributed by atoms with E-state index < -0.39 is 5.60 Å². The minimum Gasteiger partial charge on any atom is -0.444 e. The van der Waals surface area contributed by atoms with Gasteiger partial charge in [0.1, 0.15) is 11.4 Å². The number of carbonyl (C=O) groups is 1. The van der Waals surface area contributed by atoms with Gasteiger partial charge in [0, 0.05) is 10.1 Å². The minimum atomic E-state index is -0.483. The molecule has 134 valence electrons. The van der Waals surface area contributed by atoms with E-state index >= 15 is 0 Å². The zero-order valence-corrected chi connectivity index (χ0v) is 17.0. The molecule has 0 spiro atoms. The van der Waals surface area contributed by atoms with Crippen molar-refractivity contribution in [2.75, 3.05) is 6.54 Å². The summed E-state index contributed by atoms with van der Waals surface area (Å²) < 4.78 is 6.83. The van der Waals surface area contributed by atoms with Crippen LogP contribution in [0, 0.1) is 15.4 Å². The zero-order valence-electron chi connectivity index (χ0n) is 14.9. The first-order chi connectivity index (χ1) is 11.8. The summed E-state index contributed by atoms with van der Waals surface area (Å²) in [5, 5.41) is 0. The SMILES string of the molecule is CC(C)(C)OC(=O)N1CC(C2CC2)CC1c1nc2ccc(I)cc2[nH]1. The maximum atomic E-state index is 12.8. The number of nitrogens with one attached hydrogen (secondary N) is 1.